The standard InChI is InChI=1S/C11H12N2O/c12-8-11(6-1-7-11)13-9-2-4-10(14)5-3-9/h2-5,13-14H,1,6-7H2. The molecule has 1 fully saturated rings. The highest BCUT2D eigenvalue weighted by Crippen LogP contribution is 2.34. The van der Waals surface area contributed by atoms with Gasteiger partial charge < -0.3 is 10.4 Å². The van der Waals surface area contributed by atoms with Gasteiger partial charge in [-0.25, -0.2) is 0 Å². The van der Waals surface area contributed by atoms with Crippen molar-refractivity contribution in [1.82, 2.24) is 0 Å². The number of benzene rings is 1. The van der Waals surface area contributed by atoms with Crippen LogP contribution >= 0.6 is 0 Å². The Hall–Kier alpha value is -1.69. The average molecular weight is 188 g/mol. The third kappa shape index (κ3) is 1.51. The van der Waals surface area contributed by atoms with Gasteiger partial charge in [0.25, 0.3) is 0 Å². The Morgan fingerprint density at radius 3 is 2.36 bits per heavy atom. The van der Waals surface area contributed by atoms with Crippen molar-refractivity contribution in [2.45, 2.75) is 24.8 Å². The van der Waals surface area contributed by atoms with Gasteiger partial charge in [0.2, 0.25) is 0 Å². The number of aromatic hydroxyl groups is 1. The topological polar surface area (TPSA) is 56.0 Å². The van der Waals surface area contributed by atoms with Gasteiger partial charge in [-0.1, -0.05) is 0 Å². The molecule has 0 atom stereocenters. The van der Waals surface area contributed by atoms with Crippen LogP contribution in [0, 0.1) is 11.3 Å². The second-order valence-electron chi connectivity index (χ2n) is 3.72. The molecule has 0 bridgehead atoms. The molecule has 3 nitrogen and oxygen atoms in total. The van der Waals surface area contributed by atoms with Crippen molar-refractivity contribution in [3.63, 3.8) is 0 Å². The summed E-state index contributed by atoms with van der Waals surface area (Å²) in [7, 11) is 0. The van der Waals surface area contributed by atoms with E-state index in [9.17, 15) is 0 Å². The third-order valence-corrected chi connectivity index (χ3v) is 2.67. The fourth-order valence-electron chi connectivity index (χ4n) is 1.62. The maximum Gasteiger partial charge on any atom is 0.125 e. The lowest BCUT2D eigenvalue weighted by Crippen LogP contribution is -2.43. The molecule has 0 aliphatic heterocycles. The highest BCUT2D eigenvalue weighted by molar-refractivity contribution is 5.50. The van der Waals surface area contributed by atoms with E-state index in [1.54, 1.807) is 24.3 Å². The van der Waals surface area contributed by atoms with Crippen LogP contribution in [0.1, 0.15) is 19.3 Å². The number of nitriles is 1. The van der Waals surface area contributed by atoms with Crippen LogP contribution < -0.4 is 5.32 Å². The van der Waals surface area contributed by atoms with Gasteiger partial charge in [-0.15, -0.1) is 0 Å². The van der Waals surface area contributed by atoms with Crippen molar-refractivity contribution in [2.75, 3.05) is 5.32 Å². The van der Waals surface area contributed by atoms with Gasteiger partial charge in [0.05, 0.1) is 6.07 Å². The predicted molar refractivity (Wildman–Crippen MR) is 53.9 cm³/mol. The summed E-state index contributed by atoms with van der Waals surface area (Å²) < 4.78 is 0. The third-order valence-electron chi connectivity index (χ3n) is 2.67. The summed E-state index contributed by atoms with van der Waals surface area (Å²) >= 11 is 0. The lowest BCUT2D eigenvalue weighted by molar-refractivity contribution is 0.356. The zero-order chi connectivity index (χ0) is 10.0. The molecule has 0 saturated heterocycles. The first-order chi connectivity index (χ1) is 6.74. The number of nitrogens with one attached hydrogen (secondary N) is 1. The first-order valence-corrected chi connectivity index (χ1v) is 4.73. The fourth-order valence-corrected chi connectivity index (χ4v) is 1.62. The largest absolute Gasteiger partial charge is 0.508 e. The van der Waals surface area contributed by atoms with Crippen LogP contribution in [0.25, 0.3) is 0 Å². The van der Waals surface area contributed by atoms with E-state index in [0.29, 0.717) is 0 Å². The molecule has 1 aliphatic rings. The molecule has 0 radical (unpaired) electrons. The molecule has 0 unspecified atom stereocenters. The van der Waals surface area contributed by atoms with Crippen molar-refractivity contribution in [3.05, 3.63) is 24.3 Å². The second kappa shape index (κ2) is 3.22. The van der Waals surface area contributed by atoms with Gasteiger partial charge in [0.1, 0.15) is 11.3 Å². The summed E-state index contributed by atoms with van der Waals surface area (Å²) in [6, 6.07) is 9.11. The Morgan fingerprint density at radius 1 is 1.29 bits per heavy atom. The fraction of sp³-hybridized carbons (Fsp3) is 0.364. The molecule has 2 rings (SSSR count). The highest BCUT2D eigenvalue weighted by atomic mass is 16.3. The summed E-state index contributed by atoms with van der Waals surface area (Å²) in [5, 5.41) is 21.3. The maximum absolute atomic E-state index is 9.09. The number of hydrogen-bond acceptors (Lipinski definition) is 3. The first kappa shape index (κ1) is 8.89. The highest BCUT2D eigenvalue weighted by Gasteiger charge is 2.36. The van der Waals surface area contributed by atoms with Crippen molar-refractivity contribution in [2.24, 2.45) is 0 Å². The van der Waals surface area contributed by atoms with E-state index in [0.717, 1.165) is 24.9 Å². The molecular weight excluding hydrogens is 176 g/mol. The smallest absolute Gasteiger partial charge is 0.125 e. The van der Waals surface area contributed by atoms with E-state index >= 15 is 0 Å². The Balaban J connectivity index is 2.11. The molecule has 0 amide bonds. The monoisotopic (exact) mass is 188 g/mol. The molecule has 0 heterocycles. The van der Waals surface area contributed by atoms with Gasteiger partial charge in [-0.3, -0.25) is 0 Å². The molecule has 0 spiro atoms. The van der Waals surface area contributed by atoms with Crippen molar-refractivity contribution in [3.8, 4) is 11.8 Å². The van der Waals surface area contributed by atoms with Crippen molar-refractivity contribution >= 4 is 5.69 Å². The van der Waals surface area contributed by atoms with Crippen LogP contribution in [-0.4, -0.2) is 10.6 Å². The SMILES string of the molecule is N#CC1(Nc2ccc(O)cc2)CCC1. The maximum atomic E-state index is 9.09. The summed E-state index contributed by atoms with van der Waals surface area (Å²) in [4.78, 5) is 0. The number of phenols is 1. The summed E-state index contributed by atoms with van der Waals surface area (Å²) in [6.45, 7) is 0. The van der Waals surface area contributed by atoms with Crippen LogP contribution in [0.15, 0.2) is 24.3 Å². The van der Waals surface area contributed by atoms with E-state index in [2.05, 4.69) is 11.4 Å². The van der Waals surface area contributed by atoms with Crippen molar-refractivity contribution < 1.29 is 5.11 Å². The van der Waals surface area contributed by atoms with Gasteiger partial charge >= 0.3 is 0 Å². The predicted octanol–water partition coefficient (Wildman–Crippen LogP) is 2.25. The van der Waals surface area contributed by atoms with E-state index in [-0.39, 0.29) is 11.3 Å². The Labute approximate surface area is 83.0 Å². The molecular formula is C11H12N2O. The summed E-state index contributed by atoms with van der Waals surface area (Å²) in [6.07, 6.45) is 2.92. The number of nitrogens with zero attached hydrogens (tertiary/aromatic N) is 1. The molecule has 2 N–H and O–H groups in total. The molecule has 1 aromatic carbocycles. The van der Waals surface area contributed by atoms with Gasteiger partial charge in [0.15, 0.2) is 0 Å². The average Bonchev–Trinajstić information content (AvgIpc) is 2.15. The van der Waals surface area contributed by atoms with E-state index in [4.69, 9.17) is 10.4 Å². The van der Waals surface area contributed by atoms with Crippen LogP contribution in [0.5, 0.6) is 5.75 Å². The molecule has 0 aromatic heterocycles. The minimum Gasteiger partial charge on any atom is -0.508 e. The Morgan fingerprint density at radius 2 is 1.93 bits per heavy atom. The van der Waals surface area contributed by atoms with Crippen LogP contribution in [0.3, 0.4) is 0 Å². The minimum atomic E-state index is -0.364. The Bertz CT molecular complexity index is 360. The van der Waals surface area contributed by atoms with Crippen LogP contribution in [0.2, 0.25) is 0 Å². The number of phenolic OH excluding ortho intramolecular Hbond substituents is 1. The van der Waals surface area contributed by atoms with Gasteiger partial charge in [0, 0.05) is 5.69 Å². The van der Waals surface area contributed by atoms with E-state index in [1.165, 1.54) is 0 Å². The van der Waals surface area contributed by atoms with E-state index in [1.807, 2.05) is 0 Å². The Kier molecular flexibility index (Phi) is 2.05. The quantitative estimate of drug-likeness (QED) is 0.700. The first-order valence-electron chi connectivity index (χ1n) is 4.73. The number of rotatable bonds is 2. The minimum absolute atomic E-state index is 0.246. The van der Waals surface area contributed by atoms with E-state index < -0.39 is 0 Å². The van der Waals surface area contributed by atoms with Crippen LogP contribution in [0.4, 0.5) is 5.69 Å². The molecule has 72 valence electrons. The normalized spacial score (nSPS) is 17.9. The lowest BCUT2D eigenvalue weighted by Gasteiger charge is -2.36. The zero-order valence-corrected chi connectivity index (χ0v) is 7.83. The zero-order valence-electron chi connectivity index (χ0n) is 7.83. The lowest BCUT2D eigenvalue weighted by atomic mass is 9.78. The van der Waals surface area contributed by atoms with Gasteiger partial charge in [-0.2, -0.15) is 5.26 Å². The molecule has 1 saturated carbocycles. The molecule has 14 heavy (non-hydrogen) atoms. The molecule has 1 aliphatic carbocycles. The molecule has 3 heteroatoms. The van der Waals surface area contributed by atoms with Crippen LogP contribution in [-0.2, 0) is 0 Å². The summed E-state index contributed by atoms with van der Waals surface area (Å²) in [5.74, 6) is 0.246. The summed E-state index contributed by atoms with van der Waals surface area (Å²) in [5.41, 5.74) is 0.529. The van der Waals surface area contributed by atoms with Crippen molar-refractivity contribution in [1.29, 1.82) is 5.26 Å². The van der Waals surface area contributed by atoms with Gasteiger partial charge in [-0.05, 0) is 43.5 Å². The second-order valence-corrected chi connectivity index (χ2v) is 3.72. The number of hydrogen-bond donors (Lipinski definition) is 2. The molecule has 1 aromatic rings. The number of anilines is 1.